The van der Waals surface area contributed by atoms with Crippen LogP contribution in [-0.2, 0) is 21.2 Å². The summed E-state index contributed by atoms with van der Waals surface area (Å²) in [7, 11) is -2.26. The van der Waals surface area contributed by atoms with Crippen LogP contribution in [0, 0.1) is 0 Å². The maximum absolute atomic E-state index is 13.1. The van der Waals surface area contributed by atoms with Gasteiger partial charge in [0.05, 0.1) is 17.7 Å². The summed E-state index contributed by atoms with van der Waals surface area (Å²) < 4.78 is 31.4. The van der Waals surface area contributed by atoms with Crippen molar-refractivity contribution >= 4 is 21.4 Å². The van der Waals surface area contributed by atoms with Crippen LogP contribution in [0.25, 0.3) is 0 Å². The first kappa shape index (κ1) is 17.6. The van der Waals surface area contributed by atoms with E-state index in [0.717, 1.165) is 24.3 Å². The minimum absolute atomic E-state index is 0.118. The molecule has 2 heterocycles. The van der Waals surface area contributed by atoms with Crippen molar-refractivity contribution in [1.82, 2.24) is 5.32 Å². The van der Waals surface area contributed by atoms with Gasteiger partial charge in [-0.25, -0.2) is 8.42 Å². The zero-order chi connectivity index (χ0) is 19.0. The highest BCUT2D eigenvalue weighted by Gasteiger charge is 2.41. The molecule has 2 aliphatic heterocycles. The van der Waals surface area contributed by atoms with Crippen molar-refractivity contribution < 1.29 is 17.9 Å². The number of allylic oxidation sites excluding steroid dienone is 1. The van der Waals surface area contributed by atoms with Gasteiger partial charge in [0.15, 0.2) is 4.91 Å². The lowest BCUT2D eigenvalue weighted by atomic mass is 10.2. The van der Waals surface area contributed by atoms with Crippen LogP contribution in [0.3, 0.4) is 0 Å². The number of amides is 1. The first-order chi connectivity index (χ1) is 13.0. The van der Waals surface area contributed by atoms with E-state index in [4.69, 9.17) is 4.74 Å². The Balaban J connectivity index is 1.64. The van der Waals surface area contributed by atoms with Crippen molar-refractivity contribution in [1.29, 1.82) is 0 Å². The second-order valence-electron chi connectivity index (χ2n) is 6.53. The van der Waals surface area contributed by atoms with E-state index >= 15 is 0 Å². The number of sulfone groups is 1. The number of hydrogen-bond acceptors (Lipinski definition) is 5. The third-order valence-corrected chi connectivity index (χ3v) is 6.80. The van der Waals surface area contributed by atoms with E-state index in [0.29, 0.717) is 17.8 Å². The molecule has 0 atom stereocenters. The number of benzene rings is 2. The summed E-state index contributed by atoms with van der Waals surface area (Å²) in [5.74, 6) is 0.172. The molecule has 0 spiro atoms. The van der Waals surface area contributed by atoms with Gasteiger partial charge in [-0.15, -0.1) is 0 Å². The predicted octanol–water partition coefficient (Wildman–Crippen LogP) is 2.61. The summed E-state index contributed by atoms with van der Waals surface area (Å²) in [6.45, 7) is 0.966. The summed E-state index contributed by atoms with van der Waals surface area (Å²) in [4.78, 5) is 14.9. The van der Waals surface area contributed by atoms with E-state index in [-0.39, 0.29) is 16.3 Å². The topological polar surface area (TPSA) is 75.7 Å². The van der Waals surface area contributed by atoms with Crippen LogP contribution >= 0.6 is 0 Å². The number of ether oxygens (including phenoxy) is 1. The highest BCUT2D eigenvalue weighted by Crippen LogP contribution is 2.43. The van der Waals surface area contributed by atoms with Crippen LogP contribution < -0.4 is 15.0 Å². The summed E-state index contributed by atoms with van der Waals surface area (Å²) in [5, 5.41) is 2.76. The number of methoxy groups -OCH3 is 1. The van der Waals surface area contributed by atoms with Gasteiger partial charge >= 0.3 is 0 Å². The molecule has 1 amide bonds. The Hall–Kier alpha value is -2.80. The highest BCUT2D eigenvalue weighted by atomic mass is 32.2. The Morgan fingerprint density at radius 3 is 2.63 bits per heavy atom. The van der Waals surface area contributed by atoms with Crippen molar-refractivity contribution in [3.05, 3.63) is 64.7 Å². The molecule has 0 radical (unpaired) electrons. The summed E-state index contributed by atoms with van der Waals surface area (Å²) >= 11 is 0. The van der Waals surface area contributed by atoms with Crippen molar-refractivity contribution in [2.24, 2.45) is 0 Å². The maximum atomic E-state index is 13.1. The molecule has 0 aliphatic carbocycles. The number of carbonyl (C=O) groups excluding carboxylic acids is 1. The van der Waals surface area contributed by atoms with E-state index in [1.165, 1.54) is 0 Å². The minimum atomic E-state index is -3.85. The molecule has 0 unspecified atom stereocenters. The van der Waals surface area contributed by atoms with Crippen LogP contribution in [0.15, 0.2) is 64.0 Å². The molecule has 2 aliphatic rings. The Bertz CT molecular complexity index is 1030. The number of rotatable bonds is 4. The molecule has 140 valence electrons. The molecular formula is C20H20N2O4S. The third kappa shape index (κ3) is 2.98. The van der Waals surface area contributed by atoms with E-state index < -0.39 is 15.7 Å². The second-order valence-corrected chi connectivity index (χ2v) is 8.39. The van der Waals surface area contributed by atoms with Crippen LogP contribution in [0.1, 0.15) is 18.4 Å². The number of nitrogens with zero attached hydrogens (tertiary/aromatic N) is 1. The molecule has 0 bridgehead atoms. The van der Waals surface area contributed by atoms with Gasteiger partial charge in [-0.2, -0.15) is 0 Å². The molecule has 1 fully saturated rings. The largest absolute Gasteiger partial charge is 0.497 e. The molecule has 6 nitrogen and oxygen atoms in total. The molecule has 1 N–H and O–H groups in total. The first-order valence-electron chi connectivity index (χ1n) is 8.78. The summed E-state index contributed by atoms with van der Waals surface area (Å²) in [6.07, 6.45) is 1.41. The molecular weight excluding hydrogens is 364 g/mol. The molecule has 27 heavy (non-hydrogen) atoms. The normalized spacial score (nSPS) is 17.3. The van der Waals surface area contributed by atoms with E-state index in [9.17, 15) is 13.2 Å². The van der Waals surface area contributed by atoms with E-state index in [2.05, 4.69) is 5.32 Å². The molecule has 2 aromatic rings. The van der Waals surface area contributed by atoms with Crippen molar-refractivity contribution in [3.63, 3.8) is 0 Å². The summed E-state index contributed by atoms with van der Waals surface area (Å²) in [6, 6.07) is 14.1. The molecule has 1 saturated heterocycles. The molecule has 0 saturated carbocycles. The quantitative estimate of drug-likeness (QED) is 0.877. The molecule has 7 heteroatoms. The van der Waals surface area contributed by atoms with Gasteiger partial charge in [-0.1, -0.05) is 24.3 Å². The van der Waals surface area contributed by atoms with Gasteiger partial charge in [0.25, 0.3) is 5.91 Å². The lowest BCUT2D eigenvalue weighted by Gasteiger charge is -2.29. The fourth-order valence-corrected chi connectivity index (χ4v) is 5.38. The molecule has 0 aromatic heterocycles. The van der Waals surface area contributed by atoms with Crippen molar-refractivity contribution in [3.8, 4) is 5.75 Å². The monoisotopic (exact) mass is 384 g/mol. The van der Waals surface area contributed by atoms with Crippen LogP contribution in [0.2, 0.25) is 0 Å². The number of fused-ring (bicyclic) bond motifs is 3. The lowest BCUT2D eigenvalue weighted by Crippen LogP contribution is -2.35. The maximum Gasteiger partial charge on any atom is 0.265 e. The Morgan fingerprint density at radius 1 is 1.15 bits per heavy atom. The zero-order valence-electron chi connectivity index (χ0n) is 14.9. The predicted molar refractivity (Wildman–Crippen MR) is 102 cm³/mol. The van der Waals surface area contributed by atoms with Gasteiger partial charge in [0.2, 0.25) is 9.84 Å². The number of nitrogens with one attached hydrogen (secondary N) is 1. The fourth-order valence-electron chi connectivity index (χ4n) is 3.61. The standard InChI is InChI=1S/C20H20N2O4S/c1-26-15-10-8-14(9-11-15)13-21-20(23)19-17-6-4-12-22(17)16-5-2-3-7-18(16)27(19,24)25/h2-3,5,7-11H,4,6,12-13H2,1H3,(H,21,23). The zero-order valence-corrected chi connectivity index (χ0v) is 15.8. The van der Waals surface area contributed by atoms with Crippen LogP contribution in [0.5, 0.6) is 5.75 Å². The Labute approximate surface area is 158 Å². The van der Waals surface area contributed by atoms with Crippen molar-refractivity contribution in [2.45, 2.75) is 24.3 Å². The highest BCUT2D eigenvalue weighted by molar-refractivity contribution is 7.96. The van der Waals surface area contributed by atoms with Crippen molar-refractivity contribution in [2.75, 3.05) is 18.6 Å². The number of anilines is 1. The smallest absolute Gasteiger partial charge is 0.265 e. The summed E-state index contributed by atoms with van der Waals surface area (Å²) in [5.41, 5.74) is 2.13. The average Bonchev–Trinajstić information content (AvgIpc) is 3.16. The van der Waals surface area contributed by atoms with Gasteiger partial charge in [-0.05, 0) is 42.7 Å². The van der Waals surface area contributed by atoms with Crippen LogP contribution in [0.4, 0.5) is 5.69 Å². The molecule has 2 aromatic carbocycles. The lowest BCUT2D eigenvalue weighted by molar-refractivity contribution is -0.117. The second kappa shape index (κ2) is 6.74. The van der Waals surface area contributed by atoms with E-state index in [1.54, 1.807) is 37.4 Å². The molecule has 4 rings (SSSR count). The van der Waals surface area contributed by atoms with Crippen LogP contribution in [-0.4, -0.2) is 28.0 Å². The van der Waals surface area contributed by atoms with Gasteiger partial charge in [0.1, 0.15) is 5.75 Å². The number of para-hydroxylation sites is 1. The van der Waals surface area contributed by atoms with Gasteiger partial charge in [0, 0.05) is 18.8 Å². The number of hydrogen-bond donors (Lipinski definition) is 1. The Morgan fingerprint density at radius 2 is 1.89 bits per heavy atom. The Kier molecular flexibility index (Phi) is 4.39. The first-order valence-corrected chi connectivity index (χ1v) is 10.3. The third-order valence-electron chi connectivity index (χ3n) is 4.92. The minimum Gasteiger partial charge on any atom is -0.497 e. The van der Waals surface area contributed by atoms with E-state index in [1.807, 2.05) is 23.1 Å². The SMILES string of the molecule is COc1ccc(CNC(=O)C2=C3CCCN3c3ccccc3S2(=O)=O)cc1. The average molecular weight is 384 g/mol. The van der Waals surface area contributed by atoms with Gasteiger partial charge < -0.3 is 15.0 Å². The van der Waals surface area contributed by atoms with Gasteiger partial charge in [-0.3, -0.25) is 4.79 Å². The number of carbonyl (C=O) groups is 1. The fraction of sp³-hybridized carbons (Fsp3) is 0.250.